The first kappa shape index (κ1) is 117. The van der Waals surface area contributed by atoms with Crippen LogP contribution in [-0.2, 0) is 64.9 Å². The van der Waals surface area contributed by atoms with E-state index in [1.165, 1.54) is 366 Å². The van der Waals surface area contributed by atoms with Gasteiger partial charge in [-0.1, -0.05) is 329 Å². The summed E-state index contributed by atoms with van der Waals surface area (Å²) in [6, 6.07) is 11.3. The van der Waals surface area contributed by atoms with Gasteiger partial charge in [-0.05, 0) is 147 Å². The second kappa shape index (κ2) is 61.3. The smallest absolute Gasteiger partial charge is 6.00 e. The average Bonchev–Trinajstić information content (AvgIpc) is 0.785. The van der Waals surface area contributed by atoms with E-state index in [0.717, 1.165) is 167 Å². The number of halogens is 6. The van der Waals surface area contributed by atoms with E-state index in [0.29, 0.717) is 145 Å². The summed E-state index contributed by atoms with van der Waals surface area (Å²) in [6.07, 6.45) is 75.4. The first-order valence-electron chi connectivity index (χ1n) is 58.6. The molecule has 18 saturated heterocycles. The second-order valence-corrected chi connectivity index (χ2v) is 64.9. The number of piperidine rings is 18. The molecular weight excluding hydrogens is 2200 g/mol. The number of nitrogens with zero attached hydrogens (tertiary/aromatic N) is 18. The van der Waals surface area contributed by atoms with E-state index < -0.39 is 26.0 Å². The molecule has 3 saturated carbocycles. The van der Waals surface area contributed by atoms with E-state index in [1.54, 1.807) is 0 Å². The minimum absolute atomic E-state index is 0. The summed E-state index contributed by atoms with van der Waals surface area (Å²) in [7, 11) is 29.7. The fraction of sp³-hybridized carbons (Fsp3) is 1.00. The normalized spacial score (nSPS) is 46.0. The van der Waals surface area contributed by atoms with Crippen LogP contribution in [0.5, 0.6) is 0 Å². The third kappa shape index (κ3) is 35.3. The Hall–Kier alpha value is 3.51. The molecule has 28 heteroatoms. The van der Waals surface area contributed by atoms with Gasteiger partial charge in [0.2, 0.25) is 0 Å². The molecule has 30 atom stereocenters. The Morgan fingerprint density at radius 2 is 0.230 bits per heavy atom. The second-order valence-electron chi connectivity index (χ2n) is 49.0. The van der Waals surface area contributed by atoms with E-state index in [9.17, 15) is 0 Å². The van der Waals surface area contributed by atoms with Crippen molar-refractivity contribution in [3.05, 3.63) is 95.7 Å². The maximum atomic E-state index is 5.60. The zero-order chi connectivity index (χ0) is 94.2. The van der Waals surface area contributed by atoms with Crippen molar-refractivity contribution in [2.75, 3.05) is 78.5 Å². The summed E-state index contributed by atoms with van der Waals surface area (Å²) in [6.45, 7) is 20.6. The van der Waals surface area contributed by atoms with Crippen molar-refractivity contribution < 1.29 is 64.9 Å². The van der Waals surface area contributed by atoms with Gasteiger partial charge in [-0.15, -0.1) is 78.5 Å². The third-order valence-electron chi connectivity index (χ3n) is 39.5. The van der Waals surface area contributed by atoms with Crippen LogP contribution in [0.3, 0.4) is 0 Å². The predicted octanol–water partition coefficient (Wildman–Crippen LogP) is 33.5. The molecule has 21 rings (SSSR count). The van der Waals surface area contributed by atoms with Gasteiger partial charge in [-0.25, -0.2) is 0 Å². The van der Waals surface area contributed by atoms with E-state index in [2.05, 4.69) is 20.8 Å². The molecule has 0 spiro atoms. The molecule has 0 aromatic heterocycles. The molecule has 21 aliphatic rings. The Bertz CT molecular complexity index is 2610. The molecule has 18 heterocycles. The molecule has 0 amide bonds. The topological polar surface area (TPSA) is 254 Å². The Morgan fingerprint density at radius 1 is 0.137 bits per heavy atom. The molecule has 0 aromatic rings. The summed E-state index contributed by atoms with van der Waals surface area (Å²) in [5, 5.41) is 95.6. The van der Waals surface area contributed by atoms with Gasteiger partial charge in [0.15, 0.2) is 0 Å². The predicted molar refractivity (Wildman–Crippen MR) is 577 cm³/mol. The van der Waals surface area contributed by atoms with Gasteiger partial charge in [0, 0.05) is 0 Å². The van der Waals surface area contributed by atoms with Crippen LogP contribution in [0.2, 0.25) is 0 Å². The van der Waals surface area contributed by atoms with Crippen molar-refractivity contribution in [3.63, 3.8) is 0 Å². The van der Waals surface area contributed by atoms with E-state index in [-0.39, 0.29) is 39.0 Å². The van der Waals surface area contributed by atoms with E-state index >= 15 is 0 Å². The van der Waals surface area contributed by atoms with Crippen LogP contribution >= 0.6 is 58.1 Å². The van der Waals surface area contributed by atoms with Crippen LogP contribution in [0.4, 0.5) is 0 Å². The average molecular weight is 2390 g/mol. The van der Waals surface area contributed by atoms with Crippen molar-refractivity contribution in [3.8, 4) is 0 Å². The standard InChI is InChI=1S/3C37H62N6.6ClH.4Ru/c3*1-25-18-26(28-21-34(30-10-2-6-14-38-30)42-35(22-28)31-11-3-7-15-39-31)20-27(19-25)29-23-36(32-12-4-8-16-40-32)43-37(24-29)33-13-5-9-17-41-33;;;;;;;;;;/h3*25-37H,2-24H2,1H3;6*1H;;;;/q3*-6;;;;;;;2*+3;2*+6/p-6. The summed E-state index contributed by atoms with van der Waals surface area (Å²) >= 11 is -3.51. The molecule has 3 aliphatic carbocycles. The van der Waals surface area contributed by atoms with E-state index in [1.807, 2.05) is 0 Å². The van der Waals surface area contributed by atoms with Crippen LogP contribution in [0, 0.1) is 88.8 Å². The number of rotatable bonds is 18. The fourth-order valence-electron chi connectivity index (χ4n) is 32.9. The molecule has 0 radical (unpaired) electrons. The van der Waals surface area contributed by atoms with Gasteiger partial charge in [-0.2, -0.15) is 145 Å². The van der Waals surface area contributed by atoms with E-state index in [4.69, 9.17) is 154 Å². The van der Waals surface area contributed by atoms with Crippen LogP contribution < -0.4 is 0 Å². The van der Waals surface area contributed by atoms with Crippen molar-refractivity contribution in [1.82, 2.24) is 0 Å². The molecule has 18 nitrogen and oxygen atoms in total. The maximum absolute atomic E-state index is 5.60. The Balaban J connectivity index is 0.000000151. The van der Waals surface area contributed by atoms with Crippen molar-refractivity contribution in [1.29, 1.82) is 0 Å². The molecule has 21 fully saturated rings. The van der Waals surface area contributed by atoms with Crippen molar-refractivity contribution in [2.45, 2.75) is 532 Å². The molecule has 0 N–H and O–H groups in total. The summed E-state index contributed by atoms with van der Waals surface area (Å²) in [5.41, 5.74) is 0. The maximum Gasteiger partial charge on any atom is 6.00 e. The molecule has 800 valence electrons. The van der Waals surface area contributed by atoms with Crippen LogP contribution in [0.15, 0.2) is 0 Å². The quantitative estimate of drug-likeness (QED) is 0.116. The van der Waals surface area contributed by atoms with Crippen LogP contribution in [0.25, 0.3) is 95.7 Å². The number of hydrogen-bond donors (Lipinski definition) is 0. The fourth-order valence-corrected chi connectivity index (χ4v) is 32.9. The Labute approximate surface area is 909 Å². The molecule has 0 bridgehead atoms. The van der Waals surface area contributed by atoms with Gasteiger partial charge in [-0.3, -0.25) is 0 Å². The van der Waals surface area contributed by atoms with Crippen LogP contribution in [0.1, 0.15) is 387 Å². The first-order chi connectivity index (χ1) is 67.0. The minimum Gasteiger partial charge on any atom is 6.00 e. The monoisotopic (exact) mass is 2390 g/mol. The zero-order valence-electron chi connectivity index (χ0n) is 86.0. The van der Waals surface area contributed by atoms with Gasteiger partial charge in [0.1, 0.15) is 0 Å². The first-order valence-corrected chi connectivity index (χ1v) is 72.0. The molecule has 0 aromatic carbocycles. The Morgan fingerprint density at radius 3 is 0.317 bits per heavy atom. The summed E-state index contributed by atoms with van der Waals surface area (Å²) in [5.74, 6) is 12.5. The Kier molecular flexibility index (Phi) is 51.4. The number of hydrogen-bond acceptors (Lipinski definition) is 0. The molecular formula is C111H186Cl6N18Ru4-6. The minimum atomic E-state index is -1.75. The SMILES string of the molecule is CC1CC(C2CC(C3CCCC[N-]3)[N-]C(C3CCCC[N-]3)C2)CC(C2CC(C3CCCC[N-]3)[N-]C(C3CCCC[N-]3)C2)C1.CC1CC(C2CC(C3CCCC[N-]3)[N-]C(C3CCCC[N-]3)C2)CC(C2CC(C3CCCC[N-]3)[N-]C(C3CCCC[N-]3)C2)C1.CC1CC(C2CC(C3CCCC[N-]3)[N-]C(C3CCCC[N-]3)C2)CC(C2CC(C3CCCC[N-]3)[N-]C(C3CCCC[N-]3)C2)C1.[Cl][Ru]([Cl])[Cl].[Cl][Ru]([Cl])[Cl].[Ru+6].[Ru+6]. The molecule has 139 heavy (non-hydrogen) atoms. The third-order valence-corrected chi connectivity index (χ3v) is 39.5. The van der Waals surface area contributed by atoms with Crippen LogP contribution in [-0.4, -0.2) is 224 Å². The van der Waals surface area contributed by atoms with Gasteiger partial charge in [0.05, 0.1) is 0 Å². The summed E-state index contributed by atoms with van der Waals surface area (Å²) < 4.78 is 0. The summed E-state index contributed by atoms with van der Waals surface area (Å²) in [4.78, 5) is 0. The van der Waals surface area contributed by atoms with Gasteiger partial charge < -0.3 is 95.7 Å². The van der Waals surface area contributed by atoms with Gasteiger partial charge in [0.25, 0.3) is 0 Å². The zero-order valence-corrected chi connectivity index (χ0v) is 97.5. The largest absolute Gasteiger partial charge is 6.00 e. The molecule has 18 aliphatic heterocycles. The van der Waals surface area contributed by atoms with Gasteiger partial charge >= 0.3 is 123 Å². The molecule has 30 unspecified atom stereocenters. The van der Waals surface area contributed by atoms with Crippen molar-refractivity contribution >= 4 is 58.1 Å². The van der Waals surface area contributed by atoms with Crippen molar-refractivity contribution in [2.24, 2.45) is 88.8 Å².